The van der Waals surface area contributed by atoms with Gasteiger partial charge in [0.15, 0.2) is 0 Å². The highest BCUT2D eigenvalue weighted by Crippen LogP contribution is 2.27. The Morgan fingerprint density at radius 1 is 1.33 bits per heavy atom. The van der Waals surface area contributed by atoms with E-state index in [1.165, 1.54) is 0 Å². The van der Waals surface area contributed by atoms with E-state index < -0.39 is 5.72 Å². The van der Waals surface area contributed by atoms with Crippen LogP contribution in [0.25, 0.3) is 0 Å². The Kier molecular flexibility index (Phi) is 3.85. The first-order chi connectivity index (χ1) is 6.74. The normalized spacial score (nSPS) is 24.6. The maximum Gasteiger partial charge on any atom is 0.150 e. The molecular weight excluding hydrogens is 214 g/mol. The molecule has 0 radical (unpaired) electrons. The van der Waals surface area contributed by atoms with Crippen LogP contribution in [0.15, 0.2) is 24.3 Å². The fourth-order valence-electron chi connectivity index (χ4n) is 1.81. The summed E-state index contributed by atoms with van der Waals surface area (Å²) in [6.45, 7) is 0.839. The molecule has 0 amide bonds. The predicted octanol–water partition coefficient (Wildman–Crippen LogP) is 1.45. The van der Waals surface area contributed by atoms with Crippen LogP contribution in [-0.2, 0) is 5.72 Å². The van der Waals surface area contributed by atoms with Crippen molar-refractivity contribution in [1.29, 1.82) is 0 Å². The van der Waals surface area contributed by atoms with Crippen molar-refractivity contribution in [2.24, 2.45) is 0 Å². The fraction of sp³-hybridized carbons (Fsp3) is 0.364. The summed E-state index contributed by atoms with van der Waals surface area (Å²) in [5.41, 5.74) is 0.581. The minimum Gasteiger partial charge on any atom is -0.372 e. The highest BCUT2D eigenvalue weighted by molar-refractivity contribution is 5.85. The van der Waals surface area contributed by atoms with Gasteiger partial charge in [0.25, 0.3) is 0 Å². The zero-order valence-corrected chi connectivity index (χ0v) is 9.09. The van der Waals surface area contributed by atoms with Crippen LogP contribution >= 0.6 is 12.4 Å². The van der Waals surface area contributed by atoms with Crippen molar-refractivity contribution in [3.05, 3.63) is 35.4 Å². The lowest BCUT2D eigenvalue weighted by Crippen LogP contribution is -2.36. The van der Waals surface area contributed by atoms with Gasteiger partial charge in [0.2, 0.25) is 0 Å². The lowest BCUT2D eigenvalue weighted by Gasteiger charge is -2.23. The van der Waals surface area contributed by atoms with Gasteiger partial charge in [0.1, 0.15) is 12.0 Å². The monoisotopic (exact) mass is 227 g/mol. The molecule has 1 atom stereocenters. The number of hydrogen-bond acceptors (Lipinski definition) is 3. The second kappa shape index (κ2) is 4.75. The van der Waals surface area contributed by atoms with Gasteiger partial charge in [-0.15, -0.1) is 12.4 Å². The van der Waals surface area contributed by atoms with Crippen LogP contribution in [0.5, 0.6) is 0 Å². The number of aldehydes is 1. The molecule has 0 saturated carbocycles. The molecule has 1 aromatic rings. The van der Waals surface area contributed by atoms with Gasteiger partial charge in [0.05, 0.1) is 0 Å². The van der Waals surface area contributed by atoms with Gasteiger partial charge in [-0.2, -0.15) is 0 Å². The van der Waals surface area contributed by atoms with Crippen LogP contribution in [0.1, 0.15) is 28.8 Å². The summed E-state index contributed by atoms with van der Waals surface area (Å²) in [5, 5.41) is 13.2. The quantitative estimate of drug-likeness (QED) is 0.752. The second-order valence-corrected chi connectivity index (χ2v) is 3.63. The van der Waals surface area contributed by atoms with Crippen molar-refractivity contribution < 1.29 is 9.90 Å². The SMILES string of the molecule is Cl.O=Cc1ccc([C@@]2(O)CCCN2)cc1. The Morgan fingerprint density at radius 3 is 2.47 bits per heavy atom. The topological polar surface area (TPSA) is 49.3 Å². The first-order valence-corrected chi connectivity index (χ1v) is 4.78. The Balaban J connectivity index is 0.00000112. The summed E-state index contributed by atoms with van der Waals surface area (Å²) >= 11 is 0. The first-order valence-electron chi connectivity index (χ1n) is 4.78. The van der Waals surface area contributed by atoms with Crippen LogP contribution in [0.3, 0.4) is 0 Å². The van der Waals surface area contributed by atoms with Crippen molar-refractivity contribution in [3.63, 3.8) is 0 Å². The second-order valence-electron chi connectivity index (χ2n) is 3.63. The van der Waals surface area contributed by atoms with E-state index in [1.807, 2.05) is 0 Å². The molecule has 1 fully saturated rings. The maximum absolute atomic E-state index is 10.4. The molecule has 1 saturated heterocycles. The Hall–Kier alpha value is -0.900. The minimum atomic E-state index is -0.887. The van der Waals surface area contributed by atoms with E-state index in [1.54, 1.807) is 24.3 Å². The summed E-state index contributed by atoms with van der Waals surface area (Å²) in [5.74, 6) is 0. The molecule has 0 bridgehead atoms. The van der Waals surface area contributed by atoms with Crippen LogP contribution in [0.4, 0.5) is 0 Å². The molecule has 1 aliphatic heterocycles. The zero-order valence-electron chi connectivity index (χ0n) is 8.27. The fourth-order valence-corrected chi connectivity index (χ4v) is 1.81. The Bertz CT molecular complexity index is 331. The molecule has 2 rings (SSSR count). The molecular formula is C11H14ClNO2. The summed E-state index contributed by atoms with van der Waals surface area (Å²) in [6, 6.07) is 7.03. The van der Waals surface area contributed by atoms with Gasteiger partial charge in [-0.1, -0.05) is 24.3 Å². The lowest BCUT2D eigenvalue weighted by molar-refractivity contribution is 0.0207. The molecule has 1 heterocycles. The van der Waals surface area contributed by atoms with Gasteiger partial charge >= 0.3 is 0 Å². The molecule has 0 aromatic heterocycles. The summed E-state index contributed by atoms with van der Waals surface area (Å²) in [6.07, 6.45) is 2.51. The predicted molar refractivity (Wildman–Crippen MR) is 60.2 cm³/mol. The number of hydrogen-bond donors (Lipinski definition) is 2. The molecule has 1 aliphatic rings. The van der Waals surface area contributed by atoms with Gasteiger partial charge in [-0.3, -0.25) is 10.1 Å². The Morgan fingerprint density at radius 2 is 2.00 bits per heavy atom. The van der Waals surface area contributed by atoms with E-state index >= 15 is 0 Å². The third kappa shape index (κ3) is 2.37. The number of halogens is 1. The average molecular weight is 228 g/mol. The van der Waals surface area contributed by atoms with Crippen LogP contribution < -0.4 is 5.32 Å². The van der Waals surface area contributed by atoms with Crippen molar-refractivity contribution >= 4 is 18.7 Å². The van der Waals surface area contributed by atoms with E-state index in [2.05, 4.69) is 5.32 Å². The molecule has 82 valence electrons. The van der Waals surface area contributed by atoms with Gasteiger partial charge < -0.3 is 5.11 Å². The van der Waals surface area contributed by atoms with Crippen molar-refractivity contribution in [3.8, 4) is 0 Å². The van der Waals surface area contributed by atoms with Crippen molar-refractivity contribution in [1.82, 2.24) is 5.32 Å². The first kappa shape index (κ1) is 12.2. The maximum atomic E-state index is 10.4. The number of aliphatic hydroxyl groups is 1. The van der Waals surface area contributed by atoms with Crippen LogP contribution in [-0.4, -0.2) is 17.9 Å². The zero-order chi connectivity index (χ0) is 10.0. The van der Waals surface area contributed by atoms with Crippen molar-refractivity contribution in [2.75, 3.05) is 6.54 Å². The highest BCUT2D eigenvalue weighted by atomic mass is 35.5. The van der Waals surface area contributed by atoms with Gasteiger partial charge in [-0.25, -0.2) is 0 Å². The molecule has 3 nitrogen and oxygen atoms in total. The molecule has 0 aliphatic carbocycles. The summed E-state index contributed by atoms with van der Waals surface area (Å²) in [4.78, 5) is 10.4. The molecule has 4 heteroatoms. The van der Waals surface area contributed by atoms with E-state index in [0.717, 1.165) is 31.2 Å². The average Bonchev–Trinajstić information content (AvgIpc) is 2.67. The van der Waals surface area contributed by atoms with E-state index in [-0.39, 0.29) is 12.4 Å². The molecule has 0 unspecified atom stereocenters. The third-order valence-electron chi connectivity index (χ3n) is 2.66. The standard InChI is InChI=1S/C11H13NO2.ClH/c13-8-9-2-4-10(5-3-9)11(14)6-1-7-12-11;/h2-5,8,12,14H,1,6-7H2;1H/t11-;/m0./s1. The van der Waals surface area contributed by atoms with Gasteiger partial charge in [0, 0.05) is 5.56 Å². The van der Waals surface area contributed by atoms with E-state index in [9.17, 15) is 9.90 Å². The molecule has 15 heavy (non-hydrogen) atoms. The minimum absolute atomic E-state index is 0. The largest absolute Gasteiger partial charge is 0.372 e. The molecule has 2 N–H and O–H groups in total. The summed E-state index contributed by atoms with van der Waals surface area (Å²) in [7, 11) is 0. The summed E-state index contributed by atoms with van der Waals surface area (Å²) < 4.78 is 0. The smallest absolute Gasteiger partial charge is 0.150 e. The van der Waals surface area contributed by atoms with E-state index in [4.69, 9.17) is 0 Å². The van der Waals surface area contributed by atoms with Crippen LogP contribution in [0, 0.1) is 0 Å². The van der Waals surface area contributed by atoms with Crippen LogP contribution in [0.2, 0.25) is 0 Å². The van der Waals surface area contributed by atoms with Crippen molar-refractivity contribution in [2.45, 2.75) is 18.6 Å². The molecule has 1 aromatic carbocycles. The van der Waals surface area contributed by atoms with E-state index in [0.29, 0.717) is 5.56 Å². The Labute approximate surface area is 94.9 Å². The van der Waals surface area contributed by atoms with Gasteiger partial charge in [-0.05, 0) is 24.9 Å². The number of nitrogens with one attached hydrogen (secondary N) is 1. The number of rotatable bonds is 2. The number of carbonyl (C=O) groups is 1. The number of benzene rings is 1. The third-order valence-corrected chi connectivity index (χ3v) is 2.66. The molecule has 0 spiro atoms. The highest BCUT2D eigenvalue weighted by Gasteiger charge is 2.32. The number of carbonyl (C=O) groups excluding carboxylic acids is 1. The lowest BCUT2D eigenvalue weighted by atomic mass is 10.00.